The summed E-state index contributed by atoms with van der Waals surface area (Å²) in [5.41, 5.74) is 4.49. The molecule has 3 heterocycles. The summed E-state index contributed by atoms with van der Waals surface area (Å²) >= 11 is 0. The maximum atomic E-state index is 12.7. The van der Waals surface area contributed by atoms with Gasteiger partial charge in [-0.15, -0.1) is 0 Å². The van der Waals surface area contributed by atoms with E-state index < -0.39 is 9.84 Å². The minimum atomic E-state index is -3.60. The Bertz CT molecular complexity index is 1420. The van der Waals surface area contributed by atoms with Crippen molar-refractivity contribution in [3.05, 3.63) is 87.3 Å². The van der Waals surface area contributed by atoms with Gasteiger partial charge in [-0.2, -0.15) is 0 Å². The van der Waals surface area contributed by atoms with Crippen LogP contribution in [0.15, 0.2) is 58.1 Å². The number of sulfone groups is 1. The second-order valence-electron chi connectivity index (χ2n) is 7.51. The van der Waals surface area contributed by atoms with E-state index in [-0.39, 0.29) is 22.8 Å². The van der Waals surface area contributed by atoms with Gasteiger partial charge in [0, 0.05) is 17.8 Å². The van der Waals surface area contributed by atoms with Crippen LogP contribution in [0.1, 0.15) is 28.1 Å². The molecule has 0 atom stereocenters. The third kappa shape index (κ3) is 4.18. The normalized spacial score (nSPS) is 11.8. The number of oxazole rings is 1. The molecule has 0 bridgehead atoms. The van der Waals surface area contributed by atoms with Crippen molar-refractivity contribution in [1.29, 1.82) is 0 Å². The van der Waals surface area contributed by atoms with E-state index in [9.17, 15) is 13.2 Å². The quantitative estimate of drug-likeness (QED) is 0.488. The van der Waals surface area contributed by atoms with Crippen LogP contribution in [0.3, 0.4) is 0 Å². The molecule has 0 aliphatic carbocycles. The van der Waals surface area contributed by atoms with Crippen LogP contribution in [0.25, 0.3) is 17.1 Å². The molecule has 0 spiro atoms. The van der Waals surface area contributed by atoms with Crippen molar-refractivity contribution in [2.45, 2.75) is 32.3 Å². The summed E-state index contributed by atoms with van der Waals surface area (Å²) in [7, 11) is -3.60. The van der Waals surface area contributed by atoms with Gasteiger partial charge in [0.1, 0.15) is 11.9 Å². The molecule has 0 amide bonds. The molecular weight excluding hydrogens is 402 g/mol. The highest BCUT2D eigenvalue weighted by atomic mass is 32.2. The Hall–Kier alpha value is -3.26. The summed E-state index contributed by atoms with van der Waals surface area (Å²) in [6.07, 6.45) is 3.03. The summed E-state index contributed by atoms with van der Waals surface area (Å²) in [6.45, 7) is 5.82. The standard InChI is InChI=1S/C22H21N3O4S/c1-14-4-6-19(16(3)8-14)22-24-18(11-29-22)13-30(27,28)12-17-9-21(26)25-10-15(2)5-7-20(25)23-17/h4-11H,12-13H2,1-3H3. The van der Waals surface area contributed by atoms with Gasteiger partial charge in [0.25, 0.3) is 5.56 Å². The zero-order valence-corrected chi connectivity index (χ0v) is 17.7. The smallest absolute Gasteiger partial charge is 0.258 e. The van der Waals surface area contributed by atoms with Gasteiger partial charge in [-0.1, -0.05) is 23.8 Å². The molecule has 7 nitrogen and oxygen atoms in total. The minimum absolute atomic E-state index is 0.210. The molecule has 0 aliphatic heterocycles. The maximum absolute atomic E-state index is 12.7. The highest BCUT2D eigenvalue weighted by Gasteiger charge is 2.19. The number of rotatable bonds is 5. The van der Waals surface area contributed by atoms with Gasteiger partial charge in [-0.3, -0.25) is 9.20 Å². The largest absolute Gasteiger partial charge is 0.444 e. The predicted molar refractivity (Wildman–Crippen MR) is 114 cm³/mol. The van der Waals surface area contributed by atoms with Gasteiger partial charge in [-0.25, -0.2) is 18.4 Å². The molecule has 0 unspecified atom stereocenters. The zero-order chi connectivity index (χ0) is 21.5. The fourth-order valence-corrected chi connectivity index (χ4v) is 4.67. The molecule has 0 saturated carbocycles. The first-order valence-electron chi connectivity index (χ1n) is 9.41. The lowest BCUT2D eigenvalue weighted by molar-refractivity contribution is 0.571. The van der Waals surface area contributed by atoms with Crippen LogP contribution in [-0.2, 0) is 21.3 Å². The van der Waals surface area contributed by atoms with E-state index in [1.54, 1.807) is 12.3 Å². The van der Waals surface area contributed by atoms with Gasteiger partial charge >= 0.3 is 0 Å². The average molecular weight is 423 g/mol. The van der Waals surface area contributed by atoms with Gasteiger partial charge in [0.15, 0.2) is 9.84 Å². The first-order valence-corrected chi connectivity index (χ1v) is 11.2. The molecule has 0 fully saturated rings. The number of aromatic nitrogens is 3. The molecule has 154 valence electrons. The van der Waals surface area contributed by atoms with E-state index in [2.05, 4.69) is 9.97 Å². The van der Waals surface area contributed by atoms with Gasteiger partial charge in [0.2, 0.25) is 5.89 Å². The van der Waals surface area contributed by atoms with Crippen LogP contribution >= 0.6 is 0 Å². The number of nitrogens with zero attached hydrogens (tertiary/aromatic N) is 3. The summed E-state index contributed by atoms with van der Waals surface area (Å²) in [5.74, 6) is -0.260. The first-order chi connectivity index (χ1) is 14.2. The number of fused-ring (bicyclic) bond motifs is 1. The number of benzene rings is 1. The van der Waals surface area contributed by atoms with E-state index >= 15 is 0 Å². The molecule has 4 aromatic rings. The Morgan fingerprint density at radius 1 is 0.933 bits per heavy atom. The molecule has 4 rings (SSSR count). The van der Waals surface area contributed by atoms with Crippen LogP contribution < -0.4 is 5.56 Å². The number of pyridine rings is 1. The monoisotopic (exact) mass is 423 g/mol. The number of aryl methyl sites for hydroxylation is 3. The molecule has 30 heavy (non-hydrogen) atoms. The van der Waals surface area contributed by atoms with E-state index in [1.165, 1.54) is 16.7 Å². The van der Waals surface area contributed by atoms with Crippen LogP contribution in [0.5, 0.6) is 0 Å². The lowest BCUT2D eigenvalue weighted by Gasteiger charge is -2.05. The summed E-state index contributed by atoms with van der Waals surface area (Å²) in [4.78, 5) is 21.0. The fourth-order valence-electron chi connectivity index (χ4n) is 3.38. The van der Waals surface area contributed by atoms with Crippen molar-refractivity contribution in [3.63, 3.8) is 0 Å². The molecule has 3 aromatic heterocycles. The molecule has 0 saturated heterocycles. The Morgan fingerprint density at radius 3 is 2.43 bits per heavy atom. The van der Waals surface area contributed by atoms with Crippen molar-refractivity contribution in [2.24, 2.45) is 0 Å². The van der Waals surface area contributed by atoms with Crippen LogP contribution in [0.2, 0.25) is 0 Å². The first kappa shape index (κ1) is 20.0. The van der Waals surface area contributed by atoms with E-state index in [4.69, 9.17) is 4.42 Å². The predicted octanol–water partition coefficient (Wildman–Crippen LogP) is 3.39. The van der Waals surface area contributed by atoms with Gasteiger partial charge in [0.05, 0.1) is 22.9 Å². The Balaban J connectivity index is 1.57. The fraction of sp³-hybridized carbons (Fsp3) is 0.227. The van der Waals surface area contributed by atoms with Gasteiger partial charge in [-0.05, 0) is 44.0 Å². The highest BCUT2D eigenvalue weighted by Crippen LogP contribution is 2.24. The highest BCUT2D eigenvalue weighted by molar-refractivity contribution is 7.89. The van der Waals surface area contributed by atoms with Crippen molar-refractivity contribution < 1.29 is 12.8 Å². The number of hydrogen-bond donors (Lipinski definition) is 0. The zero-order valence-electron chi connectivity index (χ0n) is 16.9. The SMILES string of the molecule is Cc1ccc(-c2nc(CS(=O)(=O)Cc3cc(=O)n4cc(C)ccc4n3)co2)c(C)c1. The Morgan fingerprint density at radius 2 is 1.67 bits per heavy atom. The molecule has 8 heteroatoms. The minimum Gasteiger partial charge on any atom is -0.444 e. The Labute approximate surface area is 174 Å². The summed E-state index contributed by atoms with van der Waals surface area (Å²) in [5, 5.41) is 0. The molecular formula is C22H21N3O4S. The van der Waals surface area contributed by atoms with Crippen LogP contribution in [0.4, 0.5) is 0 Å². The van der Waals surface area contributed by atoms with E-state index in [0.29, 0.717) is 17.2 Å². The number of hydrogen-bond acceptors (Lipinski definition) is 6. The van der Waals surface area contributed by atoms with Crippen molar-refractivity contribution in [2.75, 3.05) is 0 Å². The van der Waals surface area contributed by atoms with Crippen LogP contribution in [0, 0.1) is 20.8 Å². The summed E-state index contributed by atoms with van der Waals surface area (Å²) in [6, 6.07) is 10.7. The van der Waals surface area contributed by atoms with E-state index in [0.717, 1.165) is 22.3 Å². The Kier molecular flexibility index (Phi) is 5.03. The summed E-state index contributed by atoms with van der Waals surface area (Å²) < 4.78 is 32.3. The third-order valence-corrected chi connectivity index (χ3v) is 6.23. The molecule has 0 aliphatic rings. The molecule has 1 aromatic carbocycles. The van der Waals surface area contributed by atoms with Crippen LogP contribution in [-0.4, -0.2) is 22.8 Å². The van der Waals surface area contributed by atoms with Crippen molar-refractivity contribution in [3.8, 4) is 11.5 Å². The van der Waals surface area contributed by atoms with Crippen molar-refractivity contribution >= 4 is 15.5 Å². The molecule has 0 radical (unpaired) electrons. The maximum Gasteiger partial charge on any atom is 0.258 e. The average Bonchev–Trinajstić information content (AvgIpc) is 3.09. The van der Waals surface area contributed by atoms with E-state index in [1.807, 2.05) is 45.0 Å². The van der Waals surface area contributed by atoms with Crippen molar-refractivity contribution in [1.82, 2.24) is 14.4 Å². The topological polar surface area (TPSA) is 94.5 Å². The second-order valence-corrected chi connectivity index (χ2v) is 9.58. The lowest BCUT2D eigenvalue weighted by Crippen LogP contribution is -2.18. The second kappa shape index (κ2) is 7.53. The van der Waals surface area contributed by atoms with Gasteiger partial charge < -0.3 is 4.42 Å². The molecule has 0 N–H and O–H groups in total. The lowest BCUT2D eigenvalue weighted by atomic mass is 10.1. The third-order valence-electron chi connectivity index (χ3n) is 4.76.